The summed E-state index contributed by atoms with van der Waals surface area (Å²) in [4.78, 5) is 8.76. The van der Waals surface area contributed by atoms with Crippen LogP contribution in [0.5, 0.6) is 0 Å². The third kappa shape index (κ3) is 5.87. The third-order valence-electron chi connectivity index (χ3n) is 3.15. The number of hydrogen-bond acceptors (Lipinski definition) is 2. The van der Waals surface area contributed by atoms with Crippen LogP contribution < -0.4 is 10.6 Å². The summed E-state index contributed by atoms with van der Waals surface area (Å²) in [6, 6.07) is 10.5. The molecule has 0 radical (unpaired) electrons. The first kappa shape index (κ1) is 17.2. The van der Waals surface area contributed by atoms with Crippen molar-refractivity contribution in [3.63, 3.8) is 0 Å². The van der Waals surface area contributed by atoms with Crippen molar-refractivity contribution < 1.29 is 4.39 Å². The Morgan fingerprint density at radius 1 is 1.26 bits per heavy atom. The predicted molar refractivity (Wildman–Crippen MR) is 92.2 cm³/mol. The Morgan fingerprint density at radius 3 is 2.83 bits per heavy atom. The predicted octanol–water partition coefficient (Wildman–Crippen LogP) is 3.17. The number of aliphatic imine (C=N–C) groups is 1. The van der Waals surface area contributed by atoms with E-state index < -0.39 is 5.82 Å². The number of halogens is 2. The molecule has 0 saturated heterocycles. The average Bonchev–Trinajstić information content (AvgIpc) is 2.56. The Bertz CT molecular complexity index is 646. The van der Waals surface area contributed by atoms with Crippen molar-refractivity contribution in [3.8, 4) is 0 Å². The molecule has 0 aliphatic carbocycles. The van der Waals surface area contributed by atoms with Crippen molar-refractivity contribution in [2.24, 2.45) is 4.99 Å². The van der Waals surface area contributed by atoms with Crippen LogP contribution in [0.15, 0.2) is 47.6 Å². The first-order chi connectivity index (χ1) is 11.2. The lowest BCUT2D eigenvalue weighted by Crippen LogP contribution is -2.38. The van der Waals surface area contributed by atoms with Gasteiger partial charge >= 0.3 is 0 Å². The fourth-order valence-corrected chi connectivity index (χ4v) is 2.21. The lowest BCUT2D eigenvalue weighted by Gasteiger charge is -2.11. The second-order valence-electron chi connectivity index (χ2n) is 4.94. The standard InChI is InChI=1S/C17H20ClFN4/c1-2-20-17(22-10-8-14-5-3-4-9-21-14)23-12-13-6-7-16(19)15(18)11-13/h3-7,9,11H,2,8,10,12H2,1H3,(H2,20,22,23). The van der Waals surface area contributed by atoms with Crippen LogP contribution in [0.2, 0.25) is 5.02 Å². The first-order valence-corrected chi connectivity index (χ1v) is 7.93. The molecule has 0 atom stereocenters. The van der Waals surface area contributed by atoms with Crippen LogP contribution >= 0.6 is 11.6 Å². The highest BCUT2D eigenvalue weighted by atomic mass is 35.5. The number of nitrogens with one attached hydrogen (secondary N) is 2. The lowest BCUT2D eigenvalue weighted by atomic mass is 10.2. The Morgan fingerprint density at radius 2 is 2.13 bits per heavy atom. The Labute approximate surface area is 140 Å². The number of guanidine groups is 1. The van der Waals surface area contributed by atoms with Crippen LogP contribution in [0.3, 0.4) is 0 Å². The van der Waals surface area contributed by atoms with E-state index in [1.165, 1.54) is 6.07 Å². The van der Waals surface area contributed by atoms with Crippen molar-refractivity contribution in [1.82, 2.24) is 15.6 Å². The zero-order valence-corrected chi connectivity index (χ0v) is 13.8. The lowest BCUT2D eigenvalue weighted by molar-refractivity contribution is 0.627. The zero-order chi connectivity index (χ0) is 16.5. The fourth-order valence-electron chi connectivity index (χ4n) is 2.01. The van der Waals surface area contributed by atoms with Crippen molar-refractivity contribution in [2.45, 2.75) is 19.9 Å². The van der Waals surface area contributed by atoms with Crippen LogP contribution in [-0.2, 0) is 13.0 Å². The van der Waals surface area contributed by atoms with Gasteiger partial charge in [-0.1, -0.05) is 23.7 Å². The minimum atomic E-state index is -0.417. The number of hydrogen-bond donors (Lipinski definition) is 2. The van der Waals surface area contributed by atoms with E-state index in [1.807, 2.05) is 25.1 Å². The van der Waals surface area contributed by atoms with Gasteiger partial charge < -0.3 is 10.6 Å². The summed E-state index contributed by atoms with van der Waals surface area (Å²) in [7, 11) is 0. The van der Waals surface area contributed by atoms with Gasteiger partial charge in [-0.3, -0.25) is 4.98 Å². The van der Waals surface area contributed by atoms with Crippen molar-refractivity contribution in [3.05, 3.63) is 64.7 Å². The maximum absolute atomic E-state index is 13.1. The van der Waals surface area contributed by atoms with E-state index in [0.29, 0.717) is 12.5 Å². The summed E-state index contributed by atoms with van der Waals surface area (Å²) in [5, 5.41) is 6.55. The fraction of sp³-hybridized carbons (Fsp3) is 0.294. The summed E-state index contributed by atoms with van der Waals surface area (Å²) >= 11 is 5.78. The van der Waals surface area contributed by atoms with Gasteiger partial charge in [0.05, 0.1) is 11.6 Å². The van der Waals surface area contributed by atoms with E-state index in [4.69, 9.17) is 11.6 Å². The second kappa shape index (κ2) is 9.10. The number of aromatic nitrogens is 1. The molecule has 0 spiro atoms. The molecule has 1 aromatic carbocycles. The molecule has 122 valence electrons. The summed E-state index contributed by atoms with van der Waals surface area (Å²) in [6.45, 7) is 3.93. The molecule has 0 fully saturated rings. The topological polar surface area (TPSA) is 49.3 Å². The summed E-state index contributed by atoms with van der Waals surface area (Å²) in [5.41, 5.74) is 1.89. The maximum atomic E-state index is 13.1. The van der Waals surface area contributed by atoms with Gasteiger partial charge in [-0.25, -0.2) is 9.38 Å². The van der Waals surface area contributed by atoms with Crippen LogP contribution in [0.4, 0.5) is 4.39 Å². The molecule has 0 unspecified atom stereocenters. The molecule has 6 heteroatoms. The molecule has 2 aromatic rings. The van der Waals surface area contributed by atoms with Gasteiger partial charge in [0.15, 0.2) is 5.96 Å². The van der Waals surface area contributed by atoms with Gasteiger partial charge in [-0.2, -0.15) is 0 Å². The number of nitrogens with zero attached hydrogens (tertiary/aromatic N) is 2. The van der Waals surface area contributed by atoms with Gasteiger partial charge in [-0.15, -0.1) is 0 Å². The highest BCUT2D eigenvalue weighted by Crippen LogP contribution is 2.16. The average molecular weight is 335 g/mol. The summed E-state index contributed by atoms with van der Waals surface area (Å²) in [5.74, 6) is 0.295. The third-order valence-corrected chi connectivity index (χ3v) is 3.44. The Kier molecular flexibility index (Phi) is 6.81. The highest BCUT2D eigenvalue weighted by Gasteiger charge is 2.02. The Balaban J connectivity index is 1.90. The molecule has 2 rings (SSSR count). The van der Waals surface area contributed by atoms with Gasteiger partial charge in [-0.05, 0) is 36.8 Å². The molecule has 23 heavy (non-hydrogen) atoms. The SMILES string of the molecule is CCNC(=NCc1ccc(F)c(Cl)c1)NCCc1ccccn1. The monoisotopic (exact) mass is 334 g/mol. The molecule has 4 nitrogen and oxygen atoms in total. The molecule has 0 amide bonds. The number of pyridine rings is 1. The normalized spacial score (nSPS) is 11.3. The van der Waals surface area contributed by atoms with E-state index in [9.17, 15) is 4.39 Å². The van der Waals surface area contributed by atoms with E-state index in [-0.39, 0.29) is 5.02 Å². The quantitative estimate of drug-likeness (QED) is 0.630. The van der Waals surface area contributed by atoms with Crippen molar-refractivity contribution in [2.75, 3.05) is 13.1 Å². The van der Waals surface area contributed by atoms with Gasteiger partial charge in [0.25, 0.3) is 0 Å². The van der Waals surface area contributed by atoms with Crippen LogP contribution in [0.25, 0.3) is 0 Å². The molecule has 0 aliphatic heterocycles. The molecule has 1 aromatic heterocycles. The van der Waals surface area contributed by atoms with Crippen molar-refractivity contribution >= 4 is 17.6 Å². The molecule has 0 bridgehead atoms. The minimum Gasteiger partial charge on any atom is -0.357 e. The summed E-state index contributed by atoms with van der Waals surface area (Å²) < 4.78 is 13.1. The summed E-state index contributed by atoms with van der Waals surface area (Å²) in [6.07, 6.45) is 2.60. The molecule has 0 saturated carbocycles. The minimum absolute atomic E-state index is 0.116. The van der Waals surface area contributed by atoms with Gasteiger partial charge in [0.1, 0.15) is 5.82 Å². The molecular formula is C17H20ClFN4. The van der Waals surface area contributed by atoms with Gasteiger partial charge in [0, 0.05) is 31.4 Å². The molecule has 0 aliphatic rings. The van der Waals surface area contributed by atoms with Crippen molar-refractivity contribution in [1.29, 1.82) is 0 Å². The first-order valence-electron chi connectivity index (χ1n) is 7.55. The maximum Gasteiger partial charge on any atom is 0.191 e. The number of rotatable bonds is 6. The second-order valence-corrected chi connectivity index (χ2v) is 5.35. The molecular weight excluding hydrogens is 315 g/mol. The van der Waals surface area contributed by atoms with Crippen LogP contribution in [0, 0.1) is 5.82 Å². The Hall–Kier alpha value is -2.14. The molecule has 2 N–H and O–H groups in total. The number of benzene rings is 1. The van der Waals surface area contributed by atoms with E-state index >= 15 is 0 Å². The van der Waals surface area contributed by atoms with Crippen LogP contribution in [0.1, 0.15) is 18.2 Å². The van der Waals surface area contributed by atoms with E-state index in [2.05, 4.69) is 20.6 Å². The largest absolute Gasteiger partial charge is 0.357 e. The van der Waals surface area contributed by atoms with E-state index in [1.54, 1.807) is 18.3 Å². The smallest absolute Gasteiger partial charge is 0.191 e. The highest BCUT2D eigenvalue weighted by molar-refractivity contribution is 6.30. The zero-order valence-electron chi connectivity index (χ0n) is 13.0. The van der Waals surface area contributed by atoms with Crippen LogP contribution in [-0.4, -0.2) is 24.0 Å². The molecule has 1 heterocycles. The van der Waals surface area contributed by atoms with E-state index in [0.717, 1.165) is 30.8 Å². The van der Waals surface area contributed by atoms with Gasteiger partial charge in [0.2, 0.25) is 0 Å².